The Morgan fingerprint density at radius 3 is 2.89 bits per heavy atom. The third kappa shape index (κ3) is 2.81. The summed E-state index contributed by atoms with van der Waals surface area (Å²) in [7, 11) is 0. The maximum Gasteiger partial charge on any atom is 0.253 e. The first-order chi connectivity index (χ1) is 9.24. The van der Waals surface area contributed by atoms with Crippen LogP contribution < -0.4 is 5.32 Å². The normalized spacial score (nSPS) is 16.1. The zero-order valence-corrected chi connectivity index (χ0v) is 11.5. The van der Waals surface area contributed by atoms with E-state index in [0.717, 1.165) is 17.8 Å². The summed E-state index contributed by atoms with van der Waals surface area (Å²) in [5.41, 5.74) is 0.599. The molecular weight excluding hydrogens is 258 g/mol. The van der Waals surface area contributed by atoms with Crippen molar-refractivity contribution in [2.24, 2.45) is 5.92 Å². The first-order valence-electron chi connectivity index (χ1n) is 6.37. The number of hydrogen-bond acceptors (Lipinski definition) is 4. The number of nitrogens with zero attached hydrogens (tertiary/aromatic N) is 2. The molecule has 1 atom stereocenters. The first kappa shape index (κ1) is 12.3. The Morgan fingerprint density at radius 1 is 1.47 bits per heavy atom. The van der Waals surface area contributed by atoms with Gasteiger partial charge in [0.1, 0.15) is 5.01 Å². The molecule has 0 bridgehead atoms. The van der Waals surface area contributed by atoms with Gasteiger partial charge in [0, 0.05) is 23.5 Å². The first-order valence-corrected chi connectivity index (χ1v) is 7.19. The number of hydrogen-bond donors (Lipinski definition) is 1. The fourth-order valence-corrected chi connectivity index (χ4v) is 2.97. The summed E-state index contributed by atoms with van der Waals surface area (Å²) in [6.07, 6.45) is 7.45. The van der Waals surface area contributed by atoms with Crippen molar-refractivity contribution < 1.29 is 4.79 Å². The van der Waals surface area contributed by atoms with Crippen molar-refractivity contribution in [2.45, 2.75) is 25.8 Å². The molecule has 1 aliphatic carbocycles. The maximum absolute atomic E-state index is 12.2. The molecule has 0 aromatic carbocycles. The van der Waals surface area contributed by atoms with Crippen molar-refractivity contribution in [3.63, 3.8) is 0 Å². The van der Waals surface area contributed by atoms with E-state index in [1.807, 2.05) is 13.1 Å². The molecule has 0 saturated heterocycles. The summed E-state index contributed by atoms with van der Waals surface area (Å²) in [6, 6.07) is 3.60. The standard InChI is InChI=1S/C14H15N3OS/c1-9-7-16-14(19-9)12(10-4-5-10)17-13(18)11-3-2-6-15-8-11/h2-3,6-8,10,12H,4-5H2,1H3,(H,17,18)/t12-/m1/s1. The van der Waals surface area contributed by atoms with Gasteiger partial charge < -0.3 is 5.32 Å². The molecule has 2 aromatic heterocycles. The average Bonchev–Trinajstić information content (AvgIpc) is 3.19. The van der Waals surface area contributed by atoms with Crippen LogP contribution in [0.1, 0.15) is 39.1 Å². The quantitative estimate of drug-likeness (QED) is 0.932. The summed E-state index contributed by atoms with van der Waals surface area (Å²) in [6.45, 7) is 2.04. The van der Waals surface area contributed by atoms with Crippen molar-refractivity contribution >= 4 is 17.2 Å². The zero-order chi connectivity index (χ0) is 13.2. The lowest BCUT2D eigenvalue weighted by Crippen LogP contribution is -2.29. The number of nitrogens with one attached hydrogen (secondary N) is 1. The van der Waals surface area contributed by atoms with Crippen LogP contribution in [0.25, 0.3) is 0 Å². The Kier molecular flexibility index (Phi) is 3.29. The fraction of sp³-hybridized carbons (Fsp3) is 0.357. The van der Waals surface area contributed by atoms with Crippen molar-refractivity contribution in [1.82, 2.24) is 15.3 Å². The van der Waals surface area contributed by atoms with E-state index in [2.05, 4.69) is 15.3 Å². The van der Waals surface area contributed by atoms with Gasteiger partial charge in [-0.3, -0.25) is 9.78 Å². The predicted octanol–water partition coefficient (Wildman–Crippen LogP) is 2.73. The topological polar surface area (TPSA) is 54.9 Å². The Balaban J connectivity index is 1.77. The molecular formula is C14H15N3OS. The third-order valence-corrected chi connectivity index (χ3v) is 4.20. The lowest BCUT2D eigenvalue weighted by atomic mass is 10.1. The number of carbonyl (C=O) groups excluding carboxylic acids is 1. The van der Waals surface area contributed by atoms with Crippen LogP contribution in [-0.4, -0.2) is 15.9 Å². The van der Waals surface area contributed by atoms with Gasteiger partial charge in [0.15, 0.2) is 0 Å². The lowest BCUT2D eigenvalue weighted by molar-refractivity contribution is 0.0931. The molecule has 3 rings (SSSR count). The largest absolute Gasteiger partial charge is 0.342 e. The third-order valence-electron chi connectivity index (χ3n) is 3.21. The van der Waals surface area contributed by atoms with Gasteiger partial charge in [0.25, 0.3) is 5.91 Å². The SMILES string of the molecule is Cc1cnc([C@H](NC(=O)c2cccnc2)C2CC2)s1. The van der Waals surface area contributed by atoms with Gasteiger partial charge in [-0.1, -0.05) is 0 Å². The van der Waals surface area contributed by atoms with Crippen LogP contribution in [-0.2, 0) is 0 Å². The minimum atomic E-state index is -0.0714. The van der Waals surface area contributed by atoms with Crippen LogP contribution in [0.3, 0.4) is 0 Å². The summed E-state index contributed by atoms with van der Waals surface area (Å²) in [4.78, 5) is 21.8. The van der Waals surface area contributed by atoms with Crippen LogP contribution in [0.2, 0.25) is 0 Å². The molecule has 2 heterocycles. The van der Waals surface area contributed by atoms with Crippen LogP contribution in [0.5, 0.6) is 0 Å². The molecule has 0 radical (unpaired) electrons. The van der Waals surface area contributed by atoms with Gasteiger partial charge in [0.05, 0.1) is 11.6 Å². The highest BCUT2D eigenvalue weighted by atomic mass is 32.1. The zero-order valence-electron chi connectivity index (χ0n) is 10.7. The molecule has 1 fully saturated rings. The number of pyridine rings is 1. The summed E-state index contributed by atoms with van der Waals surface area (Å²) >= 11 is 1.66. The molecule has 0 unspecified atom stereocenters. The summed E-state index contributed by atoms with van der Waals surface area (Å²) in [5, 5.41) is 4.11. The highest BCUT2D eigenvalue weighted by Crippen LogP contribution is 2.42. The van der Waals surface area contributed by atoms with Crippen molar-refractivity contribution in [2.75, 3.05) is 0 Å². The Bertz CT molecular complexity index is 577. The van der Waals surface area contributed by atoms with E-state index < -0.39 is 0 Å². The second-order valence-corrected chi connectivity index (χ2v) is 6.11. The molecule has 4 nitrogen and oxygen atoms in total. The van der Waals surface area contributed by atoms with Crippen molar-refractivity contribution in [3.8, 4) is 0 Å². The van der Waals surface area contributed by atoms with Gasteiger partial charge in [-0.05, 0) is 37.8 Å². The van der Waals surface area contributed by atoms with Gasteiger partial charge in [-0.25, -0.2) is 4.98 Å². The molecule has 1 saturated carbocycles. The molecule has 1 N–H and O–H groups in total. The van der Waals surface area contributed by atoms with E-state index in [1.165, 1.54) is 4.88 Å². The minimum Gasteiger partial charge on any atom is -0.342 e. The number of aryl methyl sites for hydroxylation is 1. The second kappa shape index (κ2) is 5.09. The van der Waals surface area contributed by atoms with Crippen LogP contribution in [0, 0.1) is 12.8 Å². The van der Waals surface area contributed by atoms with E-state index in [4.69, 9.17) is 0 Å². The van der Waals surface area contributed by atoms with Gasteiger partial charge >= 0.3 is 0 Å². The number of thiazole rings is 1. The monoisotopic (exact) mass is 273 g/mol. The van der Waals surface area contributed by atoms with E-state index >= 15 is 0 Å². The number of rotatable bonds is 4. The van der Waals surface area contributed by atoms with Crippen molar-refractivity contribution in [1.29, 1.82) is 0 Å². The molecule has 0 spiro atoms. The second-order valence-electron chi connectivity index (χ2n) is 4.84. The molecule has 5 heteroatoms. The Morgan fingerprint density at radius 2 is 2.32 bits per heavy atom. The summed E-state index contributed by atoms with van der Waals surface area (Å²) in [5.74, 6) is 0.462. The lowest BCUT2D eigenvalue weighted by Gasteiger charge is -2.15. The Labute approximate surface area is 115 Å². The average molecular weight is 273 g/mol. The molecule has 1 amide bonds. The van der Waals surface area contributed by atoms with Crippen LogP contribution >= 0.6 is 11.3 Å². The fourth-order valence-electron chi connectivity index (χ4n) is 2.05. The molecule has 2 aromatic rings. The summed E-state index contributed by atoms with van der Waals surface area (Å²) < 4.78 is 0. The minimum absolute atomic E-state index is 0.0476. The Hall–Kier alpha value is -1.75. The molecule has 19 heavy (non-hydrogen) atoms. The van der Waals surface area contributed by atoms with E-state index in [1.54, 1.807) is 35.9 Å². The van der Waals surface area contributed by atoms with E-state index in [9.17, 15) is 4.79 Å². The van der Waals surface area contributed by atoms with Gasteiger partial charge in [-0.15, -0.1) is 11.3 Å². The smallest absolute Gasteiger partial charge is 0.253 e. The van der Waals surface area contributed by atoms with Gasteiger partial charge in [0.2, 0.25) is 0 Å². The highest BCUT2D eigenvalue weighted by Gasteiger charge is 2.35. The van der Waals surface area contributed by atoms with E-state index in [0.29, 0.717) is 11.5 Å². The number of carbonyl (C=O) groups is 1. The van der Waals surface area contributed by atoms with Crippen LogP contribution in [0.4, 0.5) is 0 Å². The van der Waals surface area contributed by atoms with Crippen molar-refractivity contribution in [3.05, 3.63) is 46.2 Å². The molecule has 98 valence electrons. The number of amides is 1. The van der Waals surface area contributed by atoms with E-state index in [-0.39, 0.29) is 11.9 Å². The number of aromatic nitrogens is 2. The highest BCUT2D eigenvalue weighted by molar-refractivity contribution is 7.11. The molecule has 0 aliphatic heterocycles. The van der Waals surface area contributed by atoms with Crippen LogP contribution in [0.15, 0.2) is 30.7 Å². The van der Waals surface area contributed by atoms with Gasteiger partial charge in [-0.2, -0.15) is 0 Å². The molecule has 1 aliphatic rings. The maximum atomic E-state index is 12.2. The predicted molar refractivity (Wildman–Crippen MR) is 74.0 cm³/mol.